The summed E-state index contributed by atoms with van der Waals surface area (Å²) in [6, 6.07) is 0. The summed E-state index contributed by atoms with van der Waals surface area (Å²) in [5, 5.41) is 0. The molecule has 2 aliphatic heterocycles. The van der Waals surface area contributed by atoms with Crippen LogP contribution in [0.1, 0.15) is 36.1 Å². The van der Waals surface area contributed by atoms with Crippen LogP contribution in [0.2, 0.25) is 0 Å². The quantitative estimate of drug-likeness (QED) is 0.834. The topological polar surface area (TPSA) is 56.6 Å². The number of ether oxygens (including phenoxy) is 2. The van der Waals surface area contributed by atoms with E-state index in [0.29, 0.717) is 38.7 Å². The lowest BCUT2D eigenvalue weighted by molar-refractivity contribution is -0.0600. The first-order valence-electron chi connectivity index (χ1n) is 7.82. The van der Waals surface area contributed by atoms with Crippen LogP contribution in [0.5, 0.6) is 0 Å². The number of aryl methyl sites for hydroxylation is 1. The number of aromatic nitrogens is 2. The van der Waals surface area contributed by atoms with E-state index in [4.69, 9.17) is 9.47 Å². The summed E-state index contributed by atoms with van der Waals surface area (Å²) in [6.45, 7) is 5.86. The Morgan fingerprint density at radius 3 is 3.24 bits per heavy atom. The SMILES string of the molecule is CCOCC1CN(C(=O)c2ncc3n2CCCC3)CCO1. The van der Waals surface area contributed by atoms with Gasteiger partial charge in [0.1, 0.15) is 0 Å². The highest BCUT2D eigenvalue weighted by Crippen LogP contribution is 2.18. The van der Waals surface area contributed by atoms with Crippen molar-refractivity contribution in [2.24, 2.45) is 0 Å². The molecule has 6 nitrogen and oxygen atoms in total. The van der Waals surface area contributed by atoms with Gasteiger partial charge in [-0.15, -0.1) is 0 Å². The Balaban J connectivity index is 1.68. The zero-order chi connectivity index (χ0) is 14.7. The number of carbonyl (C=O) groups is 1. The fourth-order valence-corrected chi connectivity index (χ4v) is 3.00. The minimum Gasteiger partial charge on any atom is -0.379 e. The molecule has 0 spiro atoms. The van der Waals surface area contributed by atoms with E-state index in [1.54, 1.807) is 0 Å². The lowest BCUT2D eigenvalue weighted by Gasteiger charge is -2.32. The molecule has 0 bridgehead atoms. The molecule has 0 N–H and O–H groups in total. The highest BCUT2D eigenvalue weighted by molar-refractivity contribution is 5.91. The van der Waals surface area contributed by atoms with Gasteiger partial charge in [-0.25, -0.2) is 4.98 Å². The molecule has 1 aromatic rings. The van der Waals surface area contributed by atoms with Gasteiger partial charge in [-0.05, 0) is 26.2 Å². The normalized spacial score (nSPS) is 22.1. The molecule has 3 rings (SSSR count). The molecule has 1 saturated heterocycles. The number of hydrogen-bond donors (Lipinski definition) is 0. The number of morpholine rings is 1. The number of nitrogens with zero attached hydrogens (tertiary/aromatic N) is 3. The number of carbonyl (C=O) groups excluding carboxylic acids is 1. The van der Waals surface area contributed by atoms with Gasteiger partial charge < -0.3 is 18.9 Å². The fourth-order valence-electron chi connectivity index (χ4n) is 3.00. The first kappa shape index (κ1) is 14.5. The highest BCUT2D eigenvalue weighted by Gasteiger charge is 2.28. The van der Waals surface area contributed by atoms with Crippen molar-refractivity contribution >= 4 is 5.91 Å². The van der Waals surface area contributed by atoms with Crippen LogP contribution in [0, 0.1) is 0 Å². The van der Waals surface area contributed by atoms with Gasteiger partial charge in [0.05, 0.1) is 19.3 Å². The summed E-state index contributed by atoms with van der Waals surface area (Å²) in [4.78, 5) is 18.9. The van der Waals surface area contributed by atoms with Crippen molar-refractivity contribution in [3.8, 4) is 0 Å². The minimum absolute atomic E-state index is 0.0212. The largest absolute Gasteiger partial charge is 0.379 e. The van der Waals surface area contributed by atoms with Gasteiger partial charge in [0.2, 0.25) is 0 Å². The third-order valence-electron chi connectivity index (χ3n) is 4.13. The summed E-state index contributed by atoms with van der Waals surface area (Å²) in [7, 11) is 0. The molecule has 0 radical (unpaired) electrons. The molecule has 0 aliphatic carbocycles. The van der Waals surface area contributed by atoms with Crippen molar-refractivity contribution in [1.82, 2.24) is 14.5 Å². The zero-order valence-corrected chi connectivity index (χ0v) is 12.6. The Kier molecular flexibility index (Phi) is 4.55. The number of hydrogen-bond acceptors (Lipinski definition) is 4. The molecule has 0 saturated carbocycles. The summed E-state index contributed by atoms with van der Waals surface area (Å²) < 4.78 is 13.1. The van der Waals surface area contributed by atoms with Gasteiger partial charge in [-0.2, -0.15) is 0 Å². The van der Waals surface area contributed by atoms with Crippen molar-refractivity contribution in [1.29, 1.82) is 0 Å². The van der Waals surface area contributed by atoms with E-state index >= 15 is 0 Å². The molecule has 6 heteroatoms. The van der Waals surface area contributed by atoms with Gasteiger partial charge in [-0.1, -0.05) is 0 Å². The lowest BCUT2D eigenvalue weighted by atomic mass is 10.1. The third-order valence-corrected chi connectivity index (χ3v) is 4.13. The summed E-state index contributed by atoms with van der Waals surface area (Å²) in [5.74, 6) is 0.606. The number of rotatable bonds is 4. The highest BCUT2D eigenvalue weighted by atomic mass is 16.5. The summed E-state index contributed by atoms with van der Waals surface area (Å²) >= 11 is 0. The molecule has 2 aliphatic rings. The Bertz CT molecular complexity index is 500. The molecule has 1 fully saturated rings. The van der Waals surface area contributed by atoms with Crippen molar-refractivity contribution in [2.75, 3.05) is 32.9 Å². The van der Waals surface area contributed by atoms with Crippen LogP contribution in [0.15, 0.2) is 6.20 Å². The van der Waals surface area contributed by atoms with Crippen molar-refractivity contribution < 1.29 is 14.3 Å². The van der Waals surface area contributed by atoms with E-state index in [0.717, 1.165) is 19.4 Å². The molecular formula is C15H23N3O3. The molecular weight excluding hydrogens is 270 g/mol. The molecule has 1 atom stereocenters. The van der Waals surface area contributed by atoms with Crippen LogP contribution in [-0.4, -0.2) is 59.4 Å². The number of fused-ring (bicyclic) bond motifs is 1. The van der Waals surface area contributed by atoms with E-state index in [1.165, 1.54) is 12.1 Å². The Labute approximate surface area is 125 Å². The van der Waals surface area contributed by atoms with E-state index < -0.39 is 0 Å². The third kappa shape index (κ3) is 3.11. The number of amides is 1. The van der Waals surface area contributed by atoms with Gasteiger partial charge >= 0.3 is 0 Å². The maximum absolute atomic E-state index is 12.7. The lowest BCUT2D eigenvalue weighted by Crippen LogP contribution is -2.48. The average Bonchev–Trinajstić information content (AvgIpc) is 2.96. The second-order valence-electron chi connectivity index (χ2n) is 5.59. The first-order chi connectivity index (χ1) is 10.3. The van der Waals surface area contributed by atoms with E-state index in [-0.39, 0.29) is 12.0 Å². The standard InChI is InChI=1S/C15H23N3O3/c1-2-20-11-13-10-17(7-8-21-13)15(19)14-16-9-12-5-3-4-6-18(12)14/h9,13H,2-8,10-11H2,1H3. The predicted molar refractivity (Wildman–Crippen MR) is 77.3 cm³/mol. The van der Waals surface area contributed by atoms with E-state index in [9.17, 15) is 4.79 Å². The fraction of sp³-hybridized carbons (Fsp3) is 0.733. The van der Waals surface area contributed by atoms with Crippen molar-refractivity contribution in [3.63, 3.8) is 0 Å². The second-order valence-corrected chi connectivity index (χ2v) is 5.59. The van der Waals surface area contributed by atoms with Gasteiger partial charge in [0.15, 0.2) is 5.82 Å². The van der Waals surface area contributed by atoms with Gasteiger partial charge in [-0.3, -0.25) is 4.79 Å². The van der Waals surface area contributed by atoms with Crippen molar-refractivity contribution in [2.45, 2.75) is 38.8 Å². The molecule has 1 amide bonds. The Morgan fingerprint density at radius 2 is 2.38 bits per heavy atom. The van der Waals surface area contributed by atoms with Crippen LogP contribution in [-0.2, 0) is 22.4 Å². The number of imidazole rings is 1. The molecule has 1 unspecified atom stereocenters. The van der Waals surface area contributed by atoms with E-state index in [2.05, 4.69) is 9.55 Å². The maximum Gasteiger partial charge on any atom is 0.290 e. The van der Waals surface area contributed by atoms with Crippen LogP contribution in [0.3, 0.4) is 0 Å². The predicted octanol–water partition coefficient (Wildman–Crippen LogP) is 1.10. The van der Waals surface area contributed by atoms with Crippen LogP contribution >= 0.6 is 0 Å². The van der Waals surface area contributed by atoms with Crippen LogP contribution in [0.25, 0.3) is 0 Å². The molecule has 1 aromatic heterocycles. The zero-order valence-electron chi connectivity index (χ0n) is 12.6. The van der Waals surface area contributed by atoms with E-state index in [1.807, 2.05) is 18.0 Å². The Hall–Kier alpha value is -1.40. The van der Waals surface area contributed by atoms with Crippen LogP contribution in [0.4, 0.5) is 0 Å². The average molecular weight is 293 g/mol. The first-order valence-corrected chi connectivity index (χ1v) is 7.82. The molecule has 116 valence electrons. The second kappa shape index (κ2) is 6.58. The van der Waals surface area contributed by atoms with Gasteiger partial charge in [0.25, 0.3) is 5.91 Å². The molecule has 0 aromatic carbocycles. The van der Waals surface area contributed by atoms with Crippen LogP contribution < -0.4 is 0 Å². The molecule has 21 heavy (non-hydrogen) atoms. The maximum atomic E-state index is 12.7. The summed E-state index contributed by atoms with van der Waals surface area (Å²) in [6.07, 6.45) is 5.16. The minimum atomic E-state index is -0.0292. The smallest absolute Gasteiger partial charge is 0.290 e. The van der Waals surface area contributed by atoms with Gasteiger partial charge in [0, 0.05) is 38.1 Å². The summed E-state index contributed by atoms with van der Waals surface area (Å²) in [5.41, 5.74) is 1.18. The molecule has 3 heterocycles. The van der Waals surface area contributed by atoms with Crippen molar-refractivity contribution in [3.05, 3.63) is 17.7 Å². The Morgan fingerprint density at radius 1 is 1.48 bits per heavy atom. The monoisotopic (exact) mass is 293 g/mol.